The number of thiocarbonyl (C=S) groups is 1. The molecule has 2 aromatic rings. The zero-order valence-electron chi connectivity index (χ0n) is 12.1. The van der Waals surface area contributed by atoms with Gasteiger partial charge in [-0.05, 0) is 71.2 Å². The quantitative estimate of drug-likeness (QED) is 0.570. The van der Waals surface area contributed by atoms with Crippen molar-refractivity contribution in [2.75, 3.05) is 12.4 Å². The zero-order valence-corrected chi connectivity index (χ0v) is 15.1. The van der Waals surface area contributed by atoms with Gasteiger partial charge in [-0.15, -0.1) is 0 Å². The van der Waals surface area contributed by atoms with Crippen LogP contribution >= 0.6 is 34.8 Å². The lowest BCUT2D eigenvalue weighted by molar-refractivity contribution is 0.0977. The summed E-state index contributed by atoms with van der Waals surface area (Å²) in [5, 5.41) is 14.5. The Bertz CT molecular complexity index is 802. The van der Waals surface area contributed by atoms with E-state index in [4.69, 9.17) is 22.2 Å². The van der Waals surface area contributed by atoms with Gasteiger partial charge >= 0.3 is 0 Å². The van der Waals surface area contributed by atoms with Crippen molar-refractivity contribution in [2.24, 2.45) is 0 Å². The van der Waals surface area contributed by atoms with Crippen molar-refractivity contribution in [1.29, 1.82) is 5.26 Å². The molecule has 116 valence electrons. The molecule has 0 aliphatic heterocycles. The van der Waals surface area contributed by atoms with Gasteiger partial charge in [0.05, 0.1) is 22.3 Å². The number of carbonyl (C=O) groups excluding carboxylic acids is 1. The summed E-state index contributed by atoms with van der Waals surface area (Å²) in [5.74, 6) is 0.385. The molecule has 0 spiro atoms. The predicted octanol–water partition coefficient (Wildman–Crippen LogP) is 3.30. The highest BCUT2D eigenvalue weighted by Gasteiger charge is 2.10. The first-order valence-corrected chi connectivity index (χ1v) is 7.98. The molecule has 5 nitrogen and oxygen atoms in total. The van der Waals surface area contributed by atoms with Crippen LogP contribution in [0, 0.1) is 14.9 Å². The van der Waals surface area contributed by atoms with Crippen molar-refractivity contribution in [1.82, 2.24) is 5.32 Å². The van der Waals surface area contributed by atoms with Crippen molar-refractivity contribution in [3.05, 3.63) is 57.2 Å². The van der Waals surface area contributed by atoms with Gasteiger partial charge in [0.15, 0.2) is 5.11 Å². The Morgan fingerprint density at radius 1 is 1.30 bits per heavy atom. The van der Waals surface area contributed by atoms with E-state index in [2.05, 4.69) is 33.2 Å². The molecular weight excluding hydrogens is 425 g/mol. The third kappa shape index (κ3) is 4.64. The third-order valence-electron chi connectivity index (χ3n) is 2.89. The second-order valence-corrected chi connectivity index (χ2v) is 6.02. The van der Waals surface area contributed by atoms with Crippen LogP contribution in [0.2, 0.25) is 0 Å². The van der Waals surface area contributed by atoms with E-state index in [0.29, 0.717) is 22.6 Å². The number of ether oxygens (including phenoxy) is 1. The molecule has 0 saturated carbocycles. The highest BCUT2D eigenvalue weighted by molar-refractivity contribution is 14.1. The Kier molecular flexibility index (Phi) is 5.90. The Morgan fingerprint density at radius 3 is 2.74 bits per heavy atom. The number of nitrogens with zero attached hydrogens (tertiary/aromatic N) is 1. The maximum atomic E-state index is 12.2. The van der Waals surface area contributed by atoms with Gasteiger partial charge < -0.3 is 10.1 Å². The Balaban J connectivity index is 2.03. The molecule has 1 amide bonds. The smallest absolute Gasteiger partial charge is 0.257 e. The number of amides is 1. The Labute approximate surface area is 152 Å². The van der Waals surface area contributed by atoms with Gasteiger partial charge in [0, 0.05) is 11.3 Å². The average Bonchev–Trinajstić information content (AvgIpc) is 2.54. The number of nitrogens with one attached hydrogen (secondary N) is 2. The van der Waals surface area contributed by atoms with Crippen LogP contribution in [0.5, 0.6) is 5.75 Å². The number of methoxy groups -OCH3 is 1. The second-order valence-electron chi connectivity index (χ2n) is 4.45. The van der Waals surface area contributed by atoms with E-state index >= 15 is 0 Å². The highest BCUT2D eigenvalue weighted by Crippen LogP contribution is 2.21. The number of benzene rings is 2. The number of halogens is 1. The van der Waals surface area contributed by atoms with Crippen LogP contribution in [-0.4, -0.2) is 18.1 Å². The summed E-state index contributed by atoms with van der Waals surface area (Å²) in [6.07, 6.45) is 0. The number of hydrogen-bond acceptors (Lipinski definition) is 4. The molecule has 0 aromatic heterocycles. The fraction of sp³-hybridized carbons (Fsp3) is 0.0625. The molecule has 2 aromatic carbocycles. The molecule has 0 bridgehead atoms. The molecule has 0 atom stereocenters. The van der Waals surface area contributed by atoms with E-state index in [1.807, 2.05) is 6.07 Å². The topological polar surface area (TPSA) is 74.2 Å². The minimum atomic E-state index is -0.320. The van der Waals surface area contributed by atoms with Gasteiger partial charge in [-0.2, -0.15) is 5.26 Å². The van der Waals surface area contributed by atoms with Gasteiger partial charge in [-0.25, -0.2) is 0 Å². The van der Waals surface area contributed by atoms with Crippen molar-refractivity contribution in [3.8, 4) is 11.8 Å². The van der Waals surface area contributed by atoms with E-state index in [1.54, 1.807) is 49.6 Å². The van der Waals surface area contributed by atoms with E-state index < -0.39 is 0 Å². The molecule has 7 heteroatoms. The maximum Gasteiger partial charge on any atom is 0.257 e. The van der Waals surface area contributed by atoms with Gasteiger partial charge in [0.1, 0.15) is 5.75 Å². The summed E-state index contributed by atoms with van der Waals surface area (Å²) in [4.78, 5) is 12.2. The lowest BCUT2D eigenvalue weighted by Gasteiger charge is -2.10. The number of hydrogen-bond donors (Lipinski definition) is 2. The highest BCUT2D eigenvalue weighted by atomic mass is 127. The number of carbonyl (C=O) groups is 1. The standard InChI is InChI=1S/C16H12IN3O2S/c1-22-14-6-5-11(8-13(14)17)15(21)20-16(23)19-12-4-2-3-10(7-12)9-18/h2-8H,1H3,(H2,19,20,21,23). The van der Waals surface area contributed by atoms with Gasteiger partial charge in [-0.3, -0.25) is 10.1 Å². The lowest BCUT2D eigenvalue weighted by atomic mass is 10.2. The molecule has 2 N–H and O–H groups in total. The zero-order chi connectivity index (χ0) is 16.8. The van der Waals surface area contributed by atoms with Crippen LogP contribution in [0.3, 0.4) is 0 Å². The number of nitriles is 1. The van der Waals surface area contributed by atoms with E-state index in [-0.39, 0.29) is 11.0 Å². The summed E-state index contributed by atoms with van der Waals surface area (Å²) < 4.78 is 5.99. The summed E-state index contributed by atoms with van der Waals surface area (Å²) in [7, 11) is 1.58. The van der Waals surface area contributed by atoms with E-state index in [9.17, 15) is 4.79 Å². The molecule has 0 unspecified atom stereocenters. The summed E-state index contributed by atoms with van der Waals surface area (Å²) >= 11 is 7.22. The molecule has 2 rings (SSSR count). The summed E-state index contributed by atoms with van der Waals surface area (Å²) in [6, 6.07) is 14.0. The van der Waals surface area contributed by atoms with Crippen molar-refractivity contribution < 1.29 is 9.53 Å². The van der Waals surface area contributed by atoms with Gasteiger partial charge in [0.2, 0.25) is 0 Å². The van der Waals surface area contributed by atoms with Crippen LogP contribution in [0.4, 0.5) is 5.69 Å². The van der Waals surface area contributed by atoms with Crippen molar-refractivity contribution in [3.63, 3.8) is 0 Å². The first-order valence-electron chi connectivity index (χ1n) is 6.49. The van der Waals surface area contributed by atoms with Crippen LogP contribution < -0.4 is 15.4 Å². The van der Waals surface area contributed by atoms with Crippen molar-refractivity contribution in [2.45, 2.75) is 0 Å². The SMILES string of the molecule is COc1ccc(C(=O)NC(=S)Nc2cccc(C#N)c2)cc1I. The monoisotopic (exact) mass is 437 g/mol. The predicted molar refractivity (Wildman–Crippen MR) is 101 cm³/mol. The summed E-state index contributed by atoms with van der Waals surface area (Å²) in [5.41, 5.74) is 1.62. The molecule has 0 saturated heterocycles. The largest absolute Gasteiger partial charge is 0.496 e. The Hall–Kier alpha value is -2.18. The fourth-order valence-corrected chi connectivity index (χ4v) is 2.76. The second kappa shape index (κ2) is 7.89. The molecule has 0 fully saturated rings. The first kappa shape index (κ1) is 17.2. The molecule has 0 heterocycles. The minimum absolute atomic E-state index is 0.163. The molecule has 0 radical (unpaired) electrons. The molecule has 0 aliphatic rings. The lowest BCUT2D eigenvalue weighted by Crippen LogP contribution is -2.34. The minimum Gasteiger partial charge on any atom is -0.496 e. The molecule has 0 aliphatic carbocycles. The molecule has 23 heavy (non-hydrogen) atoms. The maximum absolute atomic E-state index is 12.2. The fourth-order valence-electron chi connectivity index (χ4n) is 1.81. The van der Waals surface area contributed by atoms with Crippen LogP contribution in [0.1, 0.15) is 15.9 Å². The number of rotatable bonds is 3. The van der Waals surface area contributed by atoms with E-state index in [1.165, 1.54) is 0 Å². The van der Waals surface area contributed by atoms with E-state index in [0.717, 1.165) is 3.57 Å². The summed E-state index contributed by atoms with van der Waals surface area (Å²) in [6.45, 7) is 0. The van der Waals surface area contributed by atoms with Crippen molar-refractivity contribution >= 4 is 51.5 Å². The Morgan fingerprint density at radius 2 is 2.09 bits per heavy atom. The van der Waals surface area contributed by atoms with Gasteiger partial charge in [0.25, 0.3) is 5.91 Å². The van der Waals surface area contributed by atoms with Crippen LogP contribution in [-0.2, 0) is 0 Å². The third-order valence-corrected chi connectivity index (χ3v) is 3.94. The van der Waals surface area contributed by atoms with Crippen LogP contribution in [0.15, 0.2) is 42.5 Å². The van der Waals surface area contributed by atoms with Crippen LogP contribution in [0.25, 0.3) is 0 Å². The molecular formula is C16H12IN3O2S. The van der Waals surface area contributed by atoms with Gasteiger partial charge in [-0.1, -0.05) is 6.07 Å². The first-order chi connectivity index (χ1) is 11.0. The average molecular weight is 437 g/mol. The normalized spacial score (nSPS) is 9.61. The number of anilines is 1.